The Morgan fingerprint density at radius 2 is 1.40 bits per heavy atom. The molecule has 0 aliphatic heterocycles. The number of fused-ring (bicyclic) bond motifs is 1. The summed E-state index contributed by atoms with van der Waals surface area (Å²) >= 11 is 0. The molecule has 0 heterocycles. The highest BCUT2D eigenvalue weighted by molar-refractivity contribution is 5.95. The molecule has 0 fully saturated rings. The van der Waals surface area contributed by atoms with Crippen molar-refractivity contribution in [1.82, 2.24) is 20.4 Å². The fourth-order valence-corrected chi connectivity index (χ4v) is 5.54. The van der Waals surface area contributed by atoms with E-state index in [1.165, 1.54) is 28.0 Å². The smallest absolute Gasteiger partial charge is 0.246 e. The molecule has 0 aliphatic carbocycles. The summed E-state index contributed by atoms with van der Waals surface area (Å²) in [5, 5.41) is 8.33. The maximum atomic E-state index is 14.5. The number of carbonyl (C=O) groups is 3. The number of benzene rings is 4. The van der Waals surface area contributed by atoms with Crippen molar-refractivity contribution in [2.75, 3.05) is 27.7 Å². The molecule has 0 saturated heterocycles. The SMILES string of the molecule is CNC(C)(C)CC=CC(=O)N(C)[C@H](Cc1ccc2ccccc2c1)C(=O)N(C)[C@H](Cc1ccc(F)cc1)C(=O)NCCc1ccccc1. The van der Waals surface area contributed by atoms with Gasteiger partial charge in [-0.3, -0.25) is 14.4 Å². The Morgan fingerprint density at radius 1 is 0.771 bits per heavy atom. The molecule has 252 valence electrons. The van der Waals surface area contributed by atoms with E-state index in [1.54, 1.807) is 26.2 Å². The predicted octanol–water partition coefficient (Wildman–Crippen LogP) is 5.72. The molecule has 4 rings (SSSR count). The predicted molar refractivity (Wildman–Crippen MR) is 191 cm³/mol. The van der Waals surface area contributed by atoms with Crippen LogP contribution in [-0.2, 0) is 33.6 Å². The quantitative estimate of drug-likeness (QED) is 0.161. The summed E-state index contributed by atoms with van der Waals surface area (Å²) in [6.07, 6.45) is 5.01. The minimum atomic E-state index is -0.895. The largest absolute Gasteiger partial charge is 0.354 e. The average Bonchev–Trinajstić information content (AvgIpc) is 3.09. The highest BCUT2D eigenvalue weighted by Gasteiger charge is 2.35. The van der Waals surface area contributed by atoms with E-state index in [1.807, 2.05) is 99.8 Å². The van der Waals surface area contributed by atoms with E-state index in [2.05, 4.69) is 10.6 Å². The topological polar surface area (TPSA) is 81.8 Å². The third-order valence-corrected chi connectivity index (χ3v) is 8.92. The van der Waals surface area contributed by atoms with Gasteiger partial charge in [-0.2, -0.15) is 0 Å². The summed E-state index contributed by atoms with van der Waals surface area (Å²) < 4.78 is 13.8. The molecular formula is C40H47FN4O3. The van der Waals surface area contributed by atoms with E-state index in [0.717, 1.165) is 21.9 Å². The van der Waals surface area contributed by atoms with Crippen LogP contribution < -0.4 is 10.6 Å². The normalized spacial score (nSPS) is 12.9. The van der Waals surface area contributed by atoms with Crippen molar-refractivity contribution in [2.45, 2.75) is 57.2 Å². The number of hydrogen-bond acceptors (Lipinski definition) is 4. The Kier molecular flexibility index (Phi) is 12.6. The molecule has 4 aromatic carbocycles. The minimum absolute atomic E-state index is 0.180. The molecular weight excluding hydrogens is 603 g/mol. The van der Waals surface area contributed by atoms with Crippen LogP contribution in [0.2, 0.25) is 0 Å². The highest BCUT2D eigenvalue weighted by atomic mass is 19.1. The van der Waals surface area contributed by atoms with E-state index in [9.17, 15) is 18.8 Å². The number of nitrogens with zero attached hydrogens (tertiary/aromatic N) is 2. The van der Waals surface area contributed by atoms with Crippen molar-refractivity contribution >= 4 is 28.5 Å². The Hall–Kier alpha value is -4.82. The van der Waals surface area contributed by atoms with Gasteiger partial charge in [0.15, 0.2) is 0 Å². The van der Waals surface area contributed by atoms with E-state index in [-0.39, 0.29) is 41.9 Å². The van der Waals surface area contributed by atoms with Gasteiger partial charge in [0, 0.05) is 39.0 Å². The number of amides is 3. The maximum Gasteiger partial charge on any atom is 0.246 e. The van der Waals surface area contributed by atoms with Crippen LogP contribution in [0.15, 0.2) is 109 Å². The lowest BCUT2D eigenvalue weighted by Crippen LogP contribution is -2.56. The van der Waals surface area contributed by atoms with E-state index in [0.29, 0.717) is 24.9 Å². The van der Waals surface area contributed by atoms with Crippen LogP contribution >= 0.6 is 0 Å². The van der Waals surface area contributed by atoms with Gasteiger partial charge in [0.1, 0.15) is 17.9 Å². The molecule has 8 heteroatoms. The van der Waals surface area contributed by atoms with E-state index < -0.39 is 12.1 Å². The Labute approximate surface area is 283 Å². The second-order valence-electron chi connectivity index (χ2n) is 12.9. The highest BCUT2D eigenvalue weighted by Crippen LogP contribution is 2.20. The zero-order chi connectivity index (χ0) is 34.7. The van der Waals surface area contributed by atoms with Crippen LogP contribution in [0, 0.1) is 5.82 Å². The summed E-state index contributed by atoms with van der Waals surface area (Å²) in [6, 6.07) is 28.0. The molecule has 0 radical (unpaired) electrons. The first-order chi connectivity index (χ1) is 23.0. The van der Waals surface area contributed by atoms with Gasteiger partial charge in [-0.15, -0.1) is 0 Å². The summed E-state index contributed by atoms with van der Waals surface area (Å²) in [5.41, 5.74) is 2.49. The van der Waals surface area contributed by atoms with Gasteiger partial charge in [-0.05, 0) is 79.4 Å². The van der Waals surface area contributed by atoms with Crippen molar-refractivity contribution in [3.05, 3.63) is 132 Å². The zero-order valence-electron chi connectivity index (χ0n) is 28.6. The van der Waals surface area contributed by atoms with Crippen LogP contribution in [0.25, 0.3) is 10.8 Å². The standard InChI is InChI=1S/C40H47FN4O3/c1-40(2,42-3)24-11-16-37(46)44(4)36(28-31-17-20-32-14-9-10-15-33(32)26-31)39(48)45(5)35(27-30-18-21-34(41)22-19-30)38(47)43-25-23-29-12-7-6-8-13-29/h6-22,26,35-36,42H,23-25,27-28H2,1-5H3,(H,43,47)/t35-,36-/m1/s1. The van der Waals surface area contributed by atoms with Crippen LogP contribution in [0.1, 0.15) is 37.0 Å². The number of hydrogen-bond donors (Lipinski definition) is 2. The van der Waals surface area contributed by atoms with Crippen LogP contribution in [0.5, 0.6) is 0 Å². The van der Waals surface area contributed by atoms with Crippen molar-refractivity contribution in [2.24, 2.45) is 0 Å². The zero-order valence-corrected chi connectivity index (χ0v) is 28.6. The van der Waals surface area contributed by atoms with E-state index >= 15 is 0 Å². The van der Waals surface area contributed by atoms with Crippen molar-refractivity contribution in [3.63, 3.8) is 0 Å². The van der Waals surface area contributed by atoms with Gasteiger partial charge >= 0.3 is 0 Å². The second-order valence-corrected chi connectivity index (χ2v) is 12.9. The first-order valence-corrected chi connectivity index (χ1v) is 16.4. The second kappa shape index (κ2) is 16.8. The molecule has 2 atom stereocenters. The summed E-state index contributed by atoms with van der Waals surface area (Å²) in [5.74, 6) is -1.38. The molecule has 2 N–H and O–H groups in total. The van der Waals surface area contributed by atoms with Gasteiger partial charge in [0.25, 0.3) is 0 Å². The first-order valence-electron chi connectivity index (χ1n) is 16.4. The molecule has 48 heavy (non-hydrogen) atoms. The first kappa shape index (κ1) is 36.0. The monoisotopic (exact) mass is 650 g/mol. The van der Waals surface area contributed by atoms with Crippen molar-refractivity contribution in [3.8, 4) is 0 Å². The third-order valence-electron chi connectivity index (χ3n) is 8.92. The lowest BCUT2D eigenvalue weighted by atomic mass is 9.98. The van der Waals surface area contributed by atoms with Gasteiger partial charge < -0.3 is 20.4 Å². The van der Waals surface area contributed by atoms with Gasteiger partial charge in [0.2, 0.25) is 17.7 Å². The number of nitrogens with one attached hydrogen (secondary N) is 2. The fraction of sp³-hybridized carbons (Fsp3) is 0.325. The minimum Gasteiger partial charge on any atom is -0.354 e. The number of rotatable bonds is 15. The Balaban J connectivity index is 1.62. The molecule has 4 aromatic rings. The Bertz CT molecular complexity index is 1700. The molecule has 0 aromatic heterocycles. The van der Waals surface area contributed by atoms with Gasteiger partial charge in [-0.1, -0.05) is 91.0 Å². The number of carbonyl (C=O) groups excluding carboxylic acids is 3. The van der Waals surface area contributed by atoms with Crippen LogP contribution in [-0.4, -0.2) is 72.8 Å². The lowest BCUT2D eigenvalue weighted by Gasteiger charge is -2.34. The van der Waals surface area contributed by atoms with E-state index in [4.69, 9.17) is 0 Å². The fourth-order valence-electron chi connectivity index (χ4n) is 5.54. The number of halogens is 1. The summed E-state index contributed by atoms with van der Waals surface area (Å²) in [6.45, 7) is 4.47. The van der Waals surface area contributed by atoms with Crippen molar-refractivity contribution in [1.29, 1.82) is 0 Å². The van der Waals surface area contributed by atoms with Crippen LogP contribution in [0.4, 0.5) is 4.39 Å². The Morgan fingerprint density at radius 3 is 2.08 bits per heavy atom. The summed E-state index contributed by atoms with van der Waals surface area (Å²) in [4.78, 5) is 44.7. The molecule has 0 spiro atoms. The van der Waals surface area contributed by atoms with Gasteiger partial charge in [-0.25, -0.2) is 4.39 Å². The lowest BCUT2D eigenvalue weighted by molar-refractivity contribution is -0.146. The molecule has 3 amide bonds. The number of likely N-dealkylation sites (N-methyl/N-ethyl adjacent to an activating group) is 2. The van der Waals surface area contributed by atoms with Gasteiger partial charge in [0.05, 0.1) is 0 Å². The van der Waals surface area contributed by atoms with Crippen molar-refractivity contribution < 1.29 is 18.8 Å². The molecule has 0 bridgehead atoms. The summed E-state index contributed by atoms with van der Waals surface area (Å²) in [7, 11) is 5.10. The third kappa shape index (κ3) is 10.1. The molecule has 7 nitrogen and oxygen atoms in total. The maximum absolute atomic E-state index is 14.5. The molecule has 0 unspecified atom stereocenters. The molecule has 0 saturated carbocycles. The van der Waals surface area contributed by atoms with Crippen LogP contribution in [0.3, 0.4) is 0 Å². The molecule has 0 aliphatic rings. The average molecular weight is 651 g/mol.